The van der Waals surface area contributed by atoms with E-state index in [0.29, 0.717) is 17.4 Å². The number of benzene rings is 2. The van der Waals surface area contributed by atoms with Crippen LogP contribution in [0.25, 0.3) is 0 Å². The van der Waals surface area contributed by atoms with Crippen molar-refractivity contribution in [3.8, 4) is 5.75 Å². The molecule has 31 heavy (non-hydrogen) atoms. The molecule has 1 saturated heterocycles. The number of para-hydroxylation sites is 1. The molecule has 7 heteroatoms. The summed E-state index contributed by atoms with van der Waals surface area (Å²) >= 11 is 1.65. The van der Waals surface area contributed by atoms with E-state index in [-0.39, 0.29) is 5.91 Å². The van der Waals surface area contributed by atoms with Gasteiger partial charge in [-0.25, -0.2) is 4.98 Å². The highest BCUT2D eigenvalue weighted by atomic mass is 32.1. The maximum atomic E-state index is 12.7. The van der Waals surface area contributed by atoms with Crippen LogP contribution in [-0.4, -0.2) is 43.7 Å². The lowest BCUT2D eigenvalue weighted by molar-refractivity contribution is 0.102. The number of hydrogen-bond acceptors (Lipinski definition) is 6. The zero-order valence-electron chi connectivity index (χ0n) is 17.7. The van der Waals surface area contributed by atoms with Crippen molar-refractivity contribution >= 4 is 28.6 Å². The number of anilines is 2. The lowest BCUT2D eigenvalue weighted by Crippen LogP contribution is -2.43. The standard InChI is InChI=1S/C24H28N4O2S/c1-30-23-8-3-2-7-22(23)24(29)27-19-5-4-6-21(15-19)28-13-10-18(11-14-28)25-12-9-20-16-31-17-26-20/h2-8,15-18,25H,9-14H2,1H3,(H,27,29). The van der Waals surface area contributed by atoms with Gasteiger partial charge in [0.1, 0.15) is 5.75 Å². The third-order valence-electron chi connectivity index (χ3n) is 5.61. The predicted octanol–water partition coefficient (Wildman–Crippen LogP) is 4.21. The van der Waals surface area contributed by atoms with Gasteiger partial charge in [-0.3, -0.25) is 4.79 Å². The van der Waals surface area contributed by atoms with Crippen LogP contribution in [0.1, 0.15) is 28.9 Å². The average Bonchev–Trinajstić information content (AvgIpc) is 3.33. The number of rotatable bonds is 8. The number of nitrogens with zero attached hydrogens (tertiary/aromatic N) is 2. The second-order valence-electron chi connectivity index (χ2n) is 7.65. The number of hydrogen-bond donors (Lipinski definition) is 2. The van der Waals surface area contributed by atoms with Crippen molar-refractivity contribution < 1.29 is 9.53 Å². The quantitative estimate of drug-likeness (QED) is 0.554. The topological polar surface area (TPSA) is 66.5 Å². The summed E-state index contributed by atoms with van der Waals surface area (Å²) in [4.78, 5) is 19.4. The molecule has 0 radical (unpaired) electrons. The van der Waals surface area contributed by atoms with Crippen molar-refractivity contribution in [1.82, 2.24) is 10.3 Å². The summed E-state index contributed by atoms with van der Waals surface area (Å²) in [6, 6.07) is 15.9. The van der Waals surface area contributed by atoms with E-state index in [1.54, 1.807) is 30.6 Å². The molecule has 0 atom stereocenters. The molecule has 0 aliphatic carbocycles. The van der Waals surface area contributed by atoms with Crippen LogP contribution in [0, 0.1) is 0 Å². The van der Waals surface area contributed by atoms with Gasteiger partial charge in [-0.15, -0.1) is 11.3 Å². The highest BCUT2D eigenvalue weighted by Crippen LogP contribution is 2.25. The van der Waals surface area contributed by atoms with Gasteiger partial charge in [0.05, 0.1) is 23.9 Å². The Morgan fingerprint density at radius 1 is 1.19 bits per heavy atom. The molecule has 0 unspecified atom stereocenters. The number of carbonyl (C=O) groups is 1. The fourth-order valence-corrected chi connectivity index (χ4v) is 4.51. The molecule has 2 aromatic carbocycles. The summed E-state index contributed by atoms with van der Waals surface area (Å²) in [5.41, 5.74) is 5.51. The zero-order valence-corrected chi connectivity index (χ0v) is 18.5. The molecule has 0 saturated carbocycles. The van der Waals surface area contributed by atoms with E-state index in [1.807, 2.05) is 35.8 Å². The van der Waals surface area contributed by atoms with Crippen LogP contribution in [-0.2, 0) is 6.42 Å². The zero-order chi connectivity index (χ0) is 21.5. The largest absolute Gasteiger partial charge is 0.496 e. The molecule has 1 aromatic heterocycles. The summed E-state index contributed by atoms with van der Waals surface area (Å²) in [6.07, 6.45) is 3.20. The van der Waals surface area contributed by atoms with Gasteiger partial charge in [0, 0.05) is 48.9 Å². The monoisotopic (exact) mass is 436 g/mol. The van der Waals surface area contributed by atoms with Crippen LogP contribution < -0.4 is 20.3 Å². The summed E-state index contributed by atoms with van der Waals surface area (Å²) in [5.74, 6) is 0.401. The van der Waals surface area contributed by atoms with Gasteiger partial charge in [-0.1, -0.05) is 18.2 Å². The van der Waals surface area contributed by atoms with Crippen molar-refractivity contribution in [2.45, 2.75) is 25.3 Å². The highest BCUT2D eigenvalue weighted by molar-refractivity contribution is 7.07. The summed E-state index contributed by atoms with van der Waals surface area (Å²) in [7, 11) is 1.57. The molecule has 1 fully saturated rings. The fraction of sp³-hybridized carbons (Fsp3) is 0.333. The van der Waals surface area contributed by atoms with Crippen LogP contribution in [0.3, 0.4) is 0 Å². The van der Waals surface area contributed by atoms with Gasteiger partial charge in [-0.05, 0) is 43.2 Å². The number of ether oxygens (including phenoxy) is 1. The molecule has 0 bridgehead atoms. The van der Waals surface area contributed by atoms with Crippen LogP contribution in [0.15, 0.2) is 59.4 Å². The number of amides is 1. The van der Waals surface area contributed by atoms with Crippen molar-refractivity contribution in [3.63, 3.8) is 0 Å². The van der Waals surface area contributed by atoms with Crippen LogP contribution in [0.5, 0.6) is 5.75 Å². The van der Waals surface area contributed by atoms with Gasteiger partial charge in [-0.2, -0.15) is 0 Å². The fourth-order valence-electron chi connectivity index (χ4n) is 3.92. The van der Waals surface area contributed by atoms with Gasteiger partial charge in [0.15, 0.2) is 0 Å². The normalized spacial score (nSPS) is 14.4. The van der Waals surface area contributed by atoms with E-state index < -0.39 is 0 Å². The predicted molar refractivity (Wildman–Crippen MR) is 126 cm³/mol. The average molecular weight is 437 g/mol. The minimum Gasteiger partial charge on any atom is -0.496 e. The number of piperidine rings is 1. The molecule has 1 amide bonds. The minimum absolute atomic E-state index is 0.169. The third-order valence-corrected chi connectivity index (χ3v) is 6.25. The SMILES string of the molecule is COc1ccccc1C(=O)Nc1cccc(N2CCC(NCCc3cscn3)CC2)c1. The Morgan fingerprint density at radius 2 is 2.03 bits per heavy atom. The first kappa shape index (κ1) is 21.3. The minimum atomic E-state index is -0.169. The first-order valence-electron chi connectivity index (χ1n) is 10.6. The molecule has 162 valence electrons. The maximum Gasteiger partial charge on any atom is 0.259 e. The van der Waals surface area contributed by atoms with Crippen LogP contribution in [0.4, 0.5) is 11.4 Å². The molecule has 1 aliphatic rings. The highest BCUT2D eigenvalue weighted by Gasteiger charge is 2.19. The van der Waals surface area contributed by atoms with Gasteiger partial charge in [0.2, 0.25) is 0 Å². The summed E-state index contributed by atoms with van der Waals surface area (Å²) < 4.78 is 5.30. The Balaban J connectivity index is 1.30. The molecule has 6 nitrogen and oxygen atoms in total. The smallest absolute Gasteiger partial charge is 0.259 e. The van der Waals surface area contributed by atoms with Gasteiger partial charge < -0.3 is 20.3 Å². The van der Waals surface area contributed by atoms with Crippen molar-refractivity contribution in [1.29, 1.82) is 0 Å². The molecule has 1 aliphatic heterocycles. The van der Waals surface area contributed by atoms with Gasteiger partial charge >= 0.3 is 0 Å². The van der Waals surface area contributed by atoms with Gasteiger partial charge in [0.25, 0.3) is 5.91 Å². The lowest BCUT2D eigenvalue weighted by atomic mass is 10.0. The molecule has 0 spiro atoms. The van der Waals surface area contributed by atoms with E-state index in [4.69, 9.17) is 4.74 Å². The first-order valence-corrected chi connectivity index (χ1v) is 11.6. The van der Waals surface area contributed by atoms with Crippen molar-refractivity contribution in [2.75, 3.05) is 37.0 Å². The Morgan fingerprint density at radius 3 is 2.81 bits per heavy atom. The second kappa shape index (κ2) is 10.4. The number of aromatic nitrogens is 1. The Bertz CT molecular complexity index is 985. The van der Waals surface area contributed by atoms with Crippen molar-refractivity contribution in [2.24, 2.45) is 0 Å². The van der Waals surface area contributed by atoms with E-state index in [2.05, 4.69) is 32.0 Å². The summed E-state index contributed by atoms with van der Waals surface area (Å²) in [6.45, 7) is 2.97. The number of methoxy groups -OCH3 is 1. The molecule has 3 aromatic rings. The van der Waals surface area contributed by atoms with E-state index in [0.717, 1.165) is 50.3 Å². The number of thiazole rings is 1. The number of carbonyl (C=O) groups excluding carboxylic acids is 1. The first-order chi connectivity index (χ1) is 15.2. The van der Waals surface area contributed by atoms with Crippen LogP contribution >= 0.6 is 11.3 Å². The molecular formula is C24H28N4O2S. The Labute approximate surface area is 187 Å². The Kier molecular flexibility index (Phi) is 7.17. The second-order valence-corrected chi connectivity index (χ2v) is 8.37. The van der Waals surface area contributed by atoms with Crippen LogP contribution in [0.2, 0.25) is 0 Å². The molecular weight excluding hydrogens is 408 g/mol. The molecule has 4 rings (SSSR count). The lowest BCUT2D eigenvalue weighted by Gasteiger charge is -2.34. The maximum absolute atomic E-state index is 12.7. The van der Waals surface area contributed by atoms with E-state index in [1.165, 1.54) is 5.69 Å². The third kappa shape index (κ3) is 5.62. The Hall–Kier alpha value is -2.90. The van der Waals surface area contributed by atoms with Crippen molar-refractivity contribution in [3.05, 3.63) is 70.7 Å². The van der Waals surface area contributed by atoms with E-state index in [9.17, 15) is 4.79 Å². The summed E-state index contributed by atoms with van der Waals surface area (Å²) in [5, 5.41) is 8.78. The number of nitrogens with one attached hydrogen (secondary N) is 2. The molecule has 2 heterocycles. The molecule has 2 N–H and O–H groups in total. The van der Waals surface area contributed by atoms with E-state index >= 15 is 0 Å².